The van der Waals surface area contributed by atoms with E-state index in [1.165, 1.54) is 13.2 Å². The van der Waals surface area contributed by atoms with Gasteiger partial charge in [0.1, 0.15) is 6.61 Å². The normalized spacial score (nSPS) is 13.5. The molecule has 0 fully saturated rings. The van der Waals surface area contributed by atoms with Crippen LogP contribution in [0.3, 0.4) is 0 Å². The Morgan fingerprint density at radius 2 is 2.00 bits per heavy atom. The van der Waals surface area contributed by atoms with Crippen LogP contribution in [0.4, 0.5) is 13.2 Å². The minimum Gasteiger partial charge on any atom is -0.457 e. The molecule has 0 saturated heterocycles. The predicted molar refractivity (Wildman–Crippen MR) is 75.7 cm³/mol. The Kier molecular flexibility index (Phi) is 6.78. The van der Waals surface area contributed by atoms with E-state index in [-0.39, 0.29) is 13.2 Å². The van der Waals surface area contributed by atoms with Crippen molar-refractivity contribution in [2.24, 2.45) is 4.99 Å². The number of rotatable bonds is 7. The summed E-state index contributed by atoms with van der Waals surface area (Å²) in [6.45, 7) is 2.85. The molecule has 0 amide bonds. The maximum absolute atomic E-state index is 13.0. The topological polar surface area (TPSA) is 47.9 Å². The fourth-order valence-electron chi connectivity index (χ4n) is 1.64. The SMILES string of the molecule is C=CCOC(=O)C(=N[C@@H](COC)c1ccccc1)C(F)(F)F. The van der Waals surface area contributed by atoms with Crippen LogP contribution in [0.25, 0.3) is 0 Å². The fourth-order valence-corrected chi connectivity index (χ4v) is 1.64. The van der Waals surface area contributed by atoms with Gasteiger partial charge in [-0.1, -0.05) is 43.0 Å². The van der Waals surface area contributed by atoms with Gasteiger partial charge in [0.15, 0.2) is 0 Å². The average molecular weight is 315 g/mol. The van der Waals surface area contributed by atoms with Gasteiger partial charge in [-0.15, -0.1) is 0 Å². The van der Waals surface area contributed by atoms with Crippen molar-refractivity contribution >= 4 is 11.7 Å². The van der Waals surface area contributed by atoms with E-state index in [1.54, 1.807) is 30.3 Å². The number of alkyl halides is 3. The lowest BCUT2D eigenvalue weighted by molar-refractivity contribution is -0.138. The summed E-state index contributed by atoms with van der Waals surface area (Å²) in [4.78, 5) is 15.1. The second-order valence-electron chi connectivity index (χ2n) is 4.24. The number of carbonyl (C=O) groups excluding carboxylic acids is 1. The summed E-state index contributed by atoms with van der Waals surface area (Å²) in [5, 5.41) is 0. The van der Waals surface area contributed by atoms with E-state index in [4.69, 9.17) is 4.74 Å². The van der Waals surface area contributed by atoms with Gasteiger partial charge in [0, 0.05) is 7.11 Å². The third-order valence-electron chi connectivity index (χ3n) is 2.59. The highest BCUT2D eigenvalue weighted by Crippen LogP contribution is 2.24. The highest BCUT2D eigenvalue weighted by atomic mass is 19.4. The van der Waals surface area contributed by atoms with E-state index in [2.05, 4.69) is 16.3 Å². The molecule has 4 nitrogen and oxygen atoms in total. The van der Waals surface area contributed by atoms with Crippen LogP contribution in [0, 0.1) is 0 Å². The molecule has 0 unspecified atom stereocenters. The zero-order chi connectivity index (χ0) is 16.6. The Morgan fingerprint density at radius 1 is 1.36 bits per heavy atom. The van der Waals surface area contributed by atoms with Gasteiger partial charge < -0.3 is 9.47 Å². The van der Waals surface area contributed by atoms with Crippen molar-refractivity contribution in [1.82, 2.24) is 0 Å². The van der Waals surface area contributed by atoms with E-state index in [9.17, 15) is 18.0 Å². The lowest BCUT2D eigenvalue weighted by atomic mass is 10.1. The fraction of sp³-hybridized carbons (Fsp3) is 0.333. The number of methoxy groups -OCH3 is 1. The molecule has 120 valence electrons. The monoisotopic (exact) mass is 315 g/mol. The predicted octanol–water partition coefficient (Wildman–Crippen LogP) is 3.11. The Morgan fingerprint density at radius 3 is 2.50 bits per heavy atom. The van der Waals surface area contributed by atoms with E-state index in [0.29, 0.717) is 5.56 Å². The van der Waals surface area contributed by atoms with Crippen LogP contribution in [0.15, 0.2) is 48.0 Å². The molecular formula is C15H16F3NO3. The lowest BCUT2D eigenvalue weighted by Crippen LogP contribution is -2.33. The second kappa shape index (κ2) is 8.33. The zero-order valence-corrected chi connectivity index (χ0v) is 12.0. The van der Waals surface area contributed by atoms with Crippen LogP contribution < -0.4 is 0 Å². The standard InChI is InChI=1S/C15H16F3NO3/c1-3-9-22-14(20)13(15(16,17)18)19-12(10-21-2)11-7-5-4-6-8-11/h3-8,12H,1,9-10H2,2H3/t12-/m0/s1. The molecule has 22 heavy (non-hydrogen) atoms. The van der Waals surface area contributed by atoms with E-state index >= 15 is 0 Å². The van der Waals surface area contributed by atoms with Crippen molar-refractivity contribution < 1.29 is 27.4 Å². The quantitative estimate of drug-likeness (QED) is 0.441. The highest BCUT2D eigenvalue weighted by Gasteiger charge is 2.42. The Hall–Kier alpha value is -2.15. The largest absolute Gasteiger partial charge is 0.457 e. The van der Waals surface area contributed by atoms with Crippen molar-refractivity contribution in [3.8, 4) is 0 Å². The molecule has 0 aliphatic carbocycles. The van der Waals surface area contributed by atoms with Crippen molar-refractivity contribution in [3.63, 3.8) is 0 Å². The molecule has 0 aliphatic heterocycles. The number of benzene rings is 1. The van der Waals surface area contributed by atoms with Crippen molar-refractivity contribution in [2.75, 3.05) is 20.3 Å². The molecule has 1 aromatic carbocycles. The molecule has 0 spiro atoms. The first kappa shape index (κ1) is 17.9. The number of esters is 1. The van der Waals surface area contributed by atoms with Crippen molar-refractivity contribution in [2.45, 2.75) is 12.2 Å². The summed E-state index contributed by atoms with van der Waals surface area (Å²) in [5.74, 6) is -1.54. The number of carbonyl (C=O) groups is 1. The molecule has 0 saturated carbocycles. The third-order valence-corrected chi connectivity index (χ3v) is 2.59. The van der Waals surface area contributed by atoms with E-state index in [1.807, 2.05) is 0 Å². The van der Waals surface area contributed by atoms with Crippen molar-refractivity contribution in [1.29, 1.82) is 0 Å². The number of halogens is 3. The summed E-state index contributed by atoms with van der Waals surface area (Å²) >= 11 is 0. The smallest absolute Gasteiger partial charge is 0.440 e. The second-order valence-corrected chi connectivity index (χ2v) is 4.24. The average Bonchev–Trinajstić information content (AvgIpc) is 2.48. The Balaban J connectivity index is 3.15. The molecule has 0 bridgehead atoms. The first-order valence-electron chi connectivity index (χ1n) is 6.37. The number of hydrogen-bond acceptors (Lipinski definition) is 4. The molecule has 0 aromatic heterocycles. The number of nitrogens with zero attached hydrogens (tertiary/aromatic N) is 1. The first-order chi connectivity index (χ1) is 10.4. The van der Waals surface area contributed by atoms with Gasteiger partial charge in [-0.3, -0.25) is 4.99 Å². The molecule has 7 heteroatoms. The van der Waals surface area contributed by atoms with Gasteiger partial charge in [-0.05, 0) is 5.56 Å². The van der Waals surface area contributed by atoms with Crippen LogP contribution in [0.1, 0.15) is 11.6 Å². The number of aliphatic imine (C=N–C) groups is 1. The highest BCUT2D eigenvalue weighted by molar-refractivity contribution is 6.38. The molecule has 0 aliphatic rings. The number of ether oxygens (including phenoxy) is 2. The Bertz CT molecular complexity index is 527. The van der Waals surface area contributed by atoms with Gasteiger partial charge >= 0.3 is 12.1 Å². The van der Waals surface area contributed by atoms with Gasteiger partial charge in [0.2, 0.25) is 5.71 Å². The molecule has 1 atom stereocenters. The van der Waals surface area contributed by atoms with Crippen LogP contribution >= 0.6 is 0 Å². The lowest BCUT2D eigenvalue weighted by Gasteiger charge is -2.16. The Labute approximate surface area is 126 Å². The summed E-state index contributed by atoms with van der Waals surface area (Å²) in [5.41, 5.74) is -1.09. The number of hydrogen-bond donors (Lipinski definition) is 0. The minimum atomic E-state index is -4.92. The van der Waals surface area contributed by atoms with Crippen molar-refractivity contribution in [3.05, 3.63) is 48.6 Å². The first-order valence-corrected chi connectivity index (χ1v) is 6.37. The van der Waals surface area contributed by atoms with E-state index in [0.717, 1.165) is 0 Å². The van der Waals surface area contributed by atoms with Crippen LogP contribution in [0.2, 0.25) is 0 Å². The molecule has 0 radical (unpaired) electrons. The maximum Gasteiger partial charge on any atom is 0.440 e. The van der Waals surface area contributed by atoms with E-state index < -0.39 is 23.9 Å². The van der Waals surface area contributed by atoms with Crippen LogP contribution in [-0.4, -0.2) is 38.2 Å². The zero-order valence-electron chi connectivity index (χ0n) is 12.0. The minimum absolute atomic E-state index is 0.0989. The molecular weight excluding hydrogens is 299 g/mol. The summed E-state index contributed by atoms with van der Waals surface area (Å²) < 4.78 is 48.4. The van der Waals surface area contributed by atoms with Gasteiger partial charge in [-0.25, -0.2) is 4.79 Å². The summed E-state index contributed by atoms with van der Waals surface area (Å²) in [7, 11) is 1.34. The summed E-state index contributed by atoms with van der Waals surface area (Å²) in [6, 6.07) is 7.30. The maximum atomic E-state index is 13.0. The van der Waals surface area contributed by atoms with Gasteiger partial charge in [0.25, 0.3) is 0 Å². The summed E-state index contributed by atoms with van der Waals surface area (Å²) in [6.07, 6.45) is -3.74. The molecule has 0 N–H and O–H groups in total. The van der Waals surface area contributed by atoms with Crippen LogP contribution in [-0.2, 0) is 14.3 Å². The molecule has 1 aromatic rings. The third kappa shape index (κ3) is 5.33. The van der Waals surface area contributed by atoms with Crippen LogP contribution in [0.5, 0.6) is 0 Å². The molecule has 1 rings (SSSR count). The van der Waals surface area contributed by atoms with Gasteiger partial charge in [0.05, 0.1) is 12.6 Å². The molecule has 0 heterocycles. The van der Waals surface area contributed by atoms with Gasteiger partial charge in [-0.2, -0.15) is 13.2 Å².